The van der Waals surface area contributed by atoms with Gasteiger partial charge in [0.25, 0.3) is 0 Å². The molecule has 0 saturated heterocycles. The van der Waals surface area contributed by atoms with Gasteiger partial charge in [0.05, 0.1) is 12.4 Å². The summed E-state index contributed by atoms with van der Waals surface area (Å²) in [6.45, 7) is 0. The second-order valence-electron chi connectivity index (χ2n) is 2.63. The van der Waals surface area contributed by atoms with E-state index in [1.807, 2.05) is 22.6 Å². The summed E-state index contributed by atoms with van der Waals surface area (Å²) in [5.74, 6) is -0.510. The number of halogens is 1. The standard InChI is InChI=1S/C8H5IN4O2/c9-7-5(8(14)15)3-12-13(7)6-4-10-1-2-11-6/h1-4H,(H,14,15). The zero-order valence-electron chi connectivity index (χ0n) is 7.33. The Hall–Kier alpha value is -1.51. The van der Waals surface area contributed by atoms with Crippen LogP contribution in [0.3, 0.4) is 0 Å². The molecule has 0 radical (unpaired) electrons. The third-order valence-corrected chi connectivity index (χ3v) is 2.75. The van der Waals surface area contributed by atoms with Gasteiger partial charge in [0.1, 0.15) is 9.26 Å². The van der Waals surface area contributed by atoms with E-state index in [9.17, 15) is 4.79 Å². The van der Waals surface area contributed by atoms with Gasteiger partial charge >= 0.3 is 5.97 Å². The molecule has 2 rings (SSSR count). The molecule has 0 aliphatic rings. The first-order chi connectivity index (χ1) is 7.20. The quantitative estimate of drug-likeness (QED) is 0.835. The highest BCUT2D eigenvalue weighted by Gasteiger charge is 2.15. The SMILES string of the molecule is O=C(O)c1cnn(-c2cnccn2)c1I. The van der Waals surface area contributed by atoms with Crippen LogP contribution in [-0.2, 0) is 0 Å². The molecule has 15 heavy (non-hydrogen) atoms. The Morgan fingerprint density at radius 2 is 2.20 bits per heavy atom. The van der Waals surface area contributed by atoms with Crippen molar-refractivity contribution in [1.29, 1.82) is 0 Å². The number of carboxylic acids is 1. The summed E-state index contributed by atoms with van der Waals surface area (Å²) in [6.07, 6.45) is 5.87. The fourth-order valence-corrected chi connectivity index (χ4v) is 1.78. The van der Waals surface area contributed by atoms with Crippen molar-refractivity contribution in [2.24, 2.45) is 0 Å². The predicted molar refractivity (Wildman–Crippen MR) is 58.8 cm³/mol. The fraction of sp³-hybridized carbons (Fsp3) is 0. The molecule has 0 bridgehead atoms. The van der Waals surface area contributed by atoms with Crippen LogP contribution in [0.1, 0.15) is 10.4 Å². The van der Waals surface area contributed by atoms with Crippen molar-refractivity contribution in [3.05, 3.63) is 34.1 Å². The van der Waals surface area contributed by atoms with Crippen molar-refractivity contribution < 1.29 is 9.90 Å². The van der Waals surface area contributed by atoms with E-state index in [1.54, 1.807) is 0 Å². The number of aromatic carboxylic acids is 1. The summed E-state index contributed by atoms with van der Waals surface area (Å²) in [7, 11) is 0. The number of carbonyl (C=O) groups is 1. The average Bonchev–Trinajstić information content (AvgIpc) is 2.61. The fourth-order valence-electron chi connectivity index (χ4n) is 1.04. The normalized spacial score (nSPS) is 10.2. The molecule has 0 atom stereocenters. The van der Waals surface area contributed by atoms with Crippen LogP contribution in [0, 0.1) is 3.70 Å². The maximum Gasteiger partial charge on any atom is 0.340 e. The molecule has 0 unspecified atom stereocenters. The van der Waals surface area contributed by atoms with E-state index in [4.69, 9.17) is 5.11 Å². The zero-order chi connectivity index (χ0) is 10.8. The second kappa shape index (κ2) is 3.93. The largest absolute Gasteiger partial charge is 0.478 e. The maximum absolute atomic E-state index is 10.8. The van der Waals surface area contributed by atoms with E-state index < -0.39 is 5.97 Å². The lowest BCUT2D eigenvalue weighted by molar-refractivity contribution is 0.0695. The van der Waals surface area contributed by atoms with Gasteiger partial charge in [0, 0.05) is 12.4 Å². The summed E-state index contributed by atoms with van der Waals surface area (Å²) in [5, 5.41) is 12.8. The molecular weight excluding hydrogens is 311 g/mol. The second-order valence-corrected chi connectivity index (χ2v) is 3.65. The van der Waals surface area contributed by atoms with Crippen LogP contribution in [0.2, 0.25) is 0 Å². The highest BCUT2D eigenvalue weighted by Crippen LogP contribution is 2.14. The first-order valence-electron chi connectivity index (χ1n) is 3.93. The molecule has 0 aliphatic heterocycles. The number of carboxylic acid groups (broad SMARTS) is 1. The van der Waals surface area contributed by atoms with Gasteiger partial charge in [-0.3, -0.25) is 4.98 Å². The topological polar surface area (TPSA) is 80.9 Å². The van der Waals surface area contributed by atoms with Crippen LogP contribution in [-0.4, -0.2) is 30.8 Å². The van der Waals surface area contributed by atoms with Gasteiger partial charge in [-0.05, 0) is 22.6 Å². The van der Waals surface area contributed by atoms with E-state index >= 15 is 0 Å². The first kappa shape index (κ1) is 10.0. The van der Waals surface area contributed by atoms with Crippen LogP contribution in [0.4, 0.5) is 0 Å². The van der Waals surface area contributed by atoms with Gasteiger partial charge in [0.2, 0.25) is 0 Å². The van der Waals surface area contributed by atoms with Crippen LogP contribution in [0.25, 0.3) is 5.82 Å². The van der Waals surface area contributed by atoms with Crippen molar-refractivity contribution in [3.8, 4) is 5.82 Å². The lowest BCUT2D eigenvalue weighted by atomic mass is 10.4. The van der Waals surface area contributed by atoms with Crippen LogP contribution in [0.5, 0.6) is 0 Å². The van der Waals surface area contributed by atoms with Crippen molar-refractivity contribution in [2.75, 3.05) is 0 Å². The van der Waals surface area contributed by atoms with Gasteiger partial charge in [-0.1, -0.05) is 0 Å². The number of aromatic nitrogens is 4. The van der Waals surface area contributed by atoms with Gasteiger partial charge in [-0.15, -0.1) is 0 Å². The number of hydrogen-bond donors (Lipinski definition) is 1. The summed E-state index contributed by atoms with van der Waals surface area (Å²) in [4.78, 5) is 18.7. The minimum atomic E-state index is -1.01. The molecule has 2 aromatic heterocycles. The smallest absolute Gasteiger partial charge is 0.340 e. The lowest BCUT2D eigenvalue weighted by Crippen LogP contribution is -2.04. The molecule has 0 aromatic carbocycles. The molecule has 76 valence electrons. The molecule has 0 saturated carbocycles. The maximum atomic E-state index is 10.8. The van der Waals surface area contributed by atoms with Crippen molar-refractivity contribution >= 4 is 28.6 Å². The molecule has 6 nitrogen and oxygen atoms in total. The molecule has 0 fully saturated rings. The van der Waals surface area contributed by atoms with Crippen molar-refractivity contribution in [3.63, 3.8) is 0 Å². The summed E-state index contributed by atoms with van der Waals surface area (Å²) < 4.78 is 1.93. The molecule has 0 aliphatic carbocycles. The Bertz CT molecular complexity index is 497. The predicted octanol–water partition coefficient (Wildman–Crippen LogP) is 0.965. The molecular formula is C8H5IN4O2. The van der Waals surface area contributed by atoms with Gasteiger partial charge in [0.15, 0.2) is 5.82 Å². The number of hydrogen-bond acceptors (Lipinski definition) is 4. The molecule has 2 aromatic rings. The average molecular weight is 316 g/mol. The molecule has 7 heteroatoms. The Morgan fingerprint density at radius 3 is 2.73 bits per heavy atom. The van der Waals surface area contributed by atoms with Crippen molar-refractivity contribution in [1.82, 2.24) is 19.7 Å². The van der Waals surface area contributed by atoms with Gasteiger partial charge < -0.3 is 5.11 Å². The Labute approximate surface area is 98.1 Å². The summed E-state index contributed by atoms with van der Waals surface area (Å²) in [6, 6.07) is 0. The Balaban J connectivity index is 2.52. The molecule has 0 amide bonds. The third kappa shape index (κ3) is 1.82. The van der Waals surface area contributed by atoms with E-state index in [0.717, 1.165) is 0 Å². The molecule has 2 heterocycles. The highest BCUT2D eigenvalue weighted by molar-refractivity contribution is 14.1. The Morgan fingerprint density at radius 1 is 1.40 bits per heavy atom. The molecule has 1 N–H and O–H groups in total. The molecule has 0 spiro atoms. The Kier molecular flexibility index (Phi) is 2.62. The van der Waals surface area contributed by atoms with E-state index in [0.29, 0.717) is 9.52 Å². The van der Waals surface area contributed by atoms with E-state index in [2.05, 4.69) is 15.1 Å². The van der Waals surface area contributed by atoms with E-state index in [-0.39, 0.29) is 5.56 Å². The summed E-state index contributed by atoms with van der Waals surface area (Å²) >= 11 is 1.91. The number of nitrogens with zero attached hydrogens (tertiary/aromatic N) is 4. The highest BCUT2D eigenvalue weighted by atomic mass is 127. The van der Waals surface area contributed by atoms with Crippen molar-refractivity contribution in [2.45, 2.75) is 0 Å². The van der Waals surface area contributed by atoms with Crippen LogP contribution in [0.15, 0.2) is 24.8 Å². The van der Waals surface area contributed by atoms with Gasteiger partial charge in [-0.2, -0.15) is 5.10 Å². The van der Waals surface area contributed by atoms with Crippen LogP contribution >= 0.6 is 22.6 Å². The summed E-state index contributed by atoms with van der Waals surface area (Å²) in [5.41, 5.74) is 0.154. The van der Waals surface area contributed by atoms with Gasteiger partial charge in [-0.25, -0.2) is 14.5 Å². The zero-order valence-corrected chi connectivity index (χ0v) is 9.49. The monoisotopic (exact) mass is 316 g/mol. The van der Waals surface area contributed by atoms with E-state index in [1.165, 1.54) is 29.5 Å². The lowest BCUT2D eigenvalue weighted by Gasteiger charge is -2.00. The number of rotatable bonds is 2. The minimum Gasteiger partial charge on any atom is -0.478 e. The minimum absolute atomic E-state index is 0.154. The third-order valence-electron chi connectivity index (χ3n) is 1.71. The van der Waals surface area contributed by atoms with Crippen LogP contribution < -0.4 is 0 Å². The first-order valence-corrected chi connectivity index (χ1v) is 5.01.